The summed E-state index contributed by atoms with van der Waals surface area (Å²) in [5.74, 6) is 3.77. The highest BCUT2D eigenvalue weighted by Gasteiger charge is 2.24. The summed E-state index contributed by atoms with van der Waals surface area (Å²) in [7, 11) is 1.77. The van der Waals surface area contributed by atoms with E-state index >= 15 is 0 Å². The predicted octanol–water partition coefficient (Wildman–Crippen LogP) is 2.37. The fourth-order valence-electron chi connectivity index (χ4n) is 1.56. The van der Waals surface area contributed by atoms with Crippen molar-refractivity contribution in [3.05, 3.63) is 0 Å². The van der Waals surface area contributed by atoms with E-state index < -0.39 is 0 Å². The van der Waals surface area contributed by atoms with E-state index in [-0.39, 0.29) is 5.60 Å². The first kappa shape index (κ1) is 13.7. The van der Waals surface area contributed by atoms with Crippen LogP contribution in [0.1, 0.15) is 26.7 Å². The first-order chi connectivity index (χ1) is 7.05. The molecular formula is C11H23NOS2. The fraction of sp³-hybridized carbons (Fsp3) is 1.00. The van der Waals surface area contributed by atoms with Crippen LogP contribution < -0.4 is 5.73 Å². The molecule has 0 spiro atoms. The van der Waals surface area contributed by atoms with E-state index in [2.05, 4.69) is 13.8 Å². The van der Waals surface area contributed by atoms with Gasteiger partial charge in [0.25, 0.3) is 0 Å². The van der Waals surface area contributed by atoms with E-state index in [9.17, 15) is 0 Å². The van der Waals surface area contributed by atoms with Gasteiger partial charge >= 0.3 is 0 Å². The van der Waals surface area contributed by atoms with E-state index in [1.54, 1.807) is 7.11 Å². The van der Waals surface area contributed by atoms with E-state index in [4.69, 9.17) is 10.5 Å². The molecule has 1 saturated heterocycles. The highest BCUT2D eigenvalue weighted by Crippen LogP contribution is 2.28. The van der Waals surface area contributed by atoms with Crippen molar-refractivity contribution in [3.8, 4) is 0 Å². The lowest BCUT2D eigenvalue weighted by Crippen LogP contribution is -2.38. The maximum Gasteiger partial charge on any atom is 0.0623 e. The van der Waals surface area contributed by atoms with E-state index in [0.29, 0.717) is 11.3 Å². The molecule has 4 heteroatoms. The first-order valence-corrected chi connectivity index (χ1v) is 7.75. The Hall–Kier alpha value is 0.620. The lowest BCUT2D eigenvalue weighted by molar-refractivity contribution is 0.0126. The summed E-state index contributed by atoms with van der Waals surface area (Å²) in [5, 5.41) is 0.649. The Bertz CT molecular complexity index is 181. The summed E-state index contributed by atoms with van der Waals surface area (Å²) in [6.07, 6.45) is 2.12. The lowest BCUT2D eigenvalue weighted by atomic mass is 9.98. The van der Waals surface area contributed by atoms with Crippen LogP contribution in [0, 0.1) is 0 Å². The molecule has 0 aromatic carbocycles. The molecule has 1 rings (SSSR count). The Kier molecular flexibility index (Phi) is 5.82. The second-order valence-corrected chi connectivity index (χ2v) is 7.15. The zero-order chi connectivity index (χ0) is 11.3. The molecule has 0 amide bonds. The average molecular weight is 249 g/mol. The Balaban J connectivity index is 2.25. The molecule has 1 aliphatic rings. The maximum absolute atomic E-state index is 6.22. The molecule has 2 atom stereocenters. The zero-order valence-corrected chi connectivity index (χ0v) is 11.6. The average Bonchev–Trinajstić information content (AvgIpc) is 2.27. The van der Waals surface area contributed by atoms with Crippen molar-refractivity contribution in [3.63, 3.8) is 0 Å². The topological polar surface area (TPSA) is 35.2 Å². The number of thioether (sulfide) groups is 2. The number of rotatable bonds is 5. The van der Waals surface area contributed by atoms with Crippen LogP contribution in [-0.2, 0) is 4.74 Å². The van der Waals surface area contributed by atoms with Crippen LogP contribution in [0.3, 0.4) is 0 Å². The number of nitrogens with two attached hydrogens (primary N) is 1. The first-order valence-electron chi connectivity index (χ1n) is 5.55. The van der Waals surface area contributed by atoms with Gasteiger partial charge in [0, 0.05) is 35.7 Å². The summed E-state index contributed by atoms with van der Waals surface area (Å²) >= 11 is 4.08. The molecule has 0 saturated carbocycles. The number of ether oxygens (including phenoxy) is 1. The normalized spacial score (nSPS) is 25.2. The molecule has 2 unspecified atom stereocenters. The predicted molar refractivity (Wildman–Crippen MR) is 71.9 cm³/mol. The molecule has 0 aromatic rings. The summed E-state index contributed by atoms with van der Waals surface area (Å²) in [6, 6.07) is 0.331. The molecule has 2 nitrogen and oxygen atoms in total. The quantitative estimate of drug-likeness (QED) is 0.811. The molecule has 0 radical (unpaired) electrons. The van der Waals surface area contributed by atoms with Crippen LogP contribution in [0.5, 0.6) is 0 Å². The lowest BCUT2D eigenvalue weighted by Gasteiger charge is -2.30. The van der Waals surface area contributed by atoms with Crippen LogP contribution in [0.2, 0.25) is 0 Å². The molecule has 2 N–H and O–H groups in total. The molecule has 90 valence electrons. The molecule has 15 heavy (non-hydrogen) atoms. The van der Waals surface area contributed by atoms with Gasteiger partial charge < -0.3 is 10.5 Å². The van der Waals surface area contributed by atoms with Crippen LogP contribution in [0.15, 0.2) is 0 Å². The fourth-order valence-corrected chi connectivity index (χ4v) is 4.42. The molecular weight excluding hydrogens is 226 g/mol. The van der Waals surface area contributed by atoms with E-state index in [0.717, 1.165) is 12.8 Å². The van der Waals surface area contributed by atoms with Gasteiger partial charge in [0.2, 0.25) is 0 Å². The Morgan fingerprint density at radius 3 is 2.73 bits per heavy atom. The van der Waals surface area contributed by atoms with E-state index in [1.165, 1.54) is 17.3 Å². The highest BCUT2D eigenvalue weighted by molar-refractivity contribution is 8.06. The minimum Gasteiger partial charge on any atom is -0.379 e. The molecule has 0 aliphatic carbocycles. The SMILES string of the molecule is COC(C)(C)CCC(N)C1CSCCS1. The van der Waals surface area contributed by atoms with Crippen molar-refractivity contribution in [2.45, 2.75) is 43.6 Å². The summed E-state index contributed by atoms with van der Waals surface area (Å²) in [6.45, 7) is 4.25. The van der Waals surface area contributed by atoms with Crippen LogP contribution in [0.25, 0.3) is 0 Å². The monoisotopic (exact) mass is 249 g/mol. The molecule has 1 heterocycles. The molecule has 0 aromatic heterocycles. The summed E-state index contributed by atoms with van der Waals surface area (Å²) in [5.41, 5.74) is 6.20. The molecule has 0 bridgehead atoms. The standard InChI is InChI=1S/C11H23NOS2/c1-11(2,13-3)5-4-9(12)10-8-14-6-7-15-10/h9-10H,4-8,12H2,1-3H3. The van der Waals surface area contributed by atoms with Gasteiger partial charge in [0.1, 0.15) is 0 Å². The highest BCUT2D eigenvalue weighted by atomic mass is 32.2. The Morgan fingerprint density at radius 2 is 2.20 bits per heavy atom. The number of hydrogen-bond acceptors (Lipinski definition) is 4. The van der Waals surface area contributed by atoms with Crippen molar-refractivity contribution >= 4 is 23.5 Å². The van der Waals surface area contributed by atoms with Crippen LogP contribution in [-0.4, -0.2) is 41.3 Å². The van der Waals surface area contributed by atoms with Gasteiger partial charge in [-0.15, -0.1) is 0 Å². The zero-order valence-electron chi connectivity index (χ0n) is 9.99. The minimum atomic E-state index is -0.0237. The molecule has 1 fully saturated rings. The van der Waals surface area contributed by atoms with Gasteiger partial charge in [-0.25, -0.2) is 0 Å². The van der Waals surface area contributed by atoms with Crippen molar-refractivity contribution in [1.29, 1.82) is 0 Å². The van der Waals surface area contributed by atoms with Gasteiger partial charge in [-0.05, 0) is 26.7 Å². The number of methoxy groups -OCH3 is 1. The van der Waals surface area contributed by atoms with Crippen molar-refractivity contribution < 1.29 is 4.74 Å². The van der Waals surface area contributed by atoms with Gasteiger partial charge in [-0.2, -0.15) is 23.5 Å². The second-order valence-electron chi connectivity index (χ2n) is 4.65. The minimum absolute atomic E-state index is 0.0237. The summed E-state index contributed by atoms with van der Waals surface area (Å²) < 4.78 is 5.41. The van der Waals surface area contributed by atoms with Crippen LogP contribution in [0.4, 0.5) is 0 Å². The third kappa shape index (κ3) is 4.98. The van der Waals surface area contributed by atoms with Crippen molar-refractivity contribution in [1.82, 2.24) is 0 Å². The van der Waals surface area contributed by atoms with E-state index in [1.807, 2.05) is 23.5 Å². The van der Waals surface area contributed by atoms with Gasteiger partial charge in [-0.1, -0.05) is 0 Å². The van der Waals surface area contributed by atoms with Crippen molar-refractivity contribution in [2.75, 3.05) is 24.4 Å². The maximum atomic E-state index is 6.22. The van der Waals surface area contributed by atoms with Crippen LogP contribution >= 0.6 is 23.5 Å². The van der Waals surface area contributed by atoms with Gasteiger partial charge in [0.15, 0.2) is 0 Å². The third-order valence-corrected chi connectivity index (χ3v) is 5.89. The molecule has 1 aliphatic heterocycles. The van der Waals surface area contributed by atoms with Gasteiger partial charge in [0.05, 0.1) is 5.60 Å². The number of hydrogen-bond donors (Lipinski definition) is 1. The smallest absolute Gasteiger partial charge is 0.0623 e. The van der Waals surface area contributed by atoms with Gasteiger partial charge in [-0.3, -0.25) is 0 Å². The third-order valence-electron chi connectivity index (χ3n) is 2.95. The Morgan fingerprint density at radius 1 is 1.47 bits per heavy atom. The van der Waals surface area contributed by atoms with Crippen molar-refractivity contribution in [2.24, 2.45) is 5.73 Å². The largest absolute Gasteiger partial charge is 0.379 e. The second kappa shape index (κ2) is 6.38. The summed E-state index contributed by atoms with van der Waals surface area (Å²) in [4.78, 5) is 0. The Labute approximate surface area is 102 Å².